The van der Waals surface area contributed by atoms with E-state index in [2.05, 4.69) is 12.2 Å². The number of carbonyl (C=O) groups excluding carboxylic acids is 1. The average molecular weight is 230 g/mol. The van der Waals surface area contributed by atoms with Crippen molar-refractivity contribution in [2.24, 2.45) is 11.7 Å². The maximum absolute atomic E-state index is 11.9. The molecule has 3 heteroatoms. The number of carbonyl (C=O) groups is 1. The van der Waals surface area contributed by atoms with Crippen molar-refractivity contribution in [3.05, 3.63) is 41.5 Å². The summed E-state index contributed by atoms with van der Waals surface area (Å²) in [6, 6.07) is 5.96. The highest BCUT2D eigenvalue weighted by Crippen LogP contribution is 2.20. The monoisotopic (exact) mass is 230 g/mol. The highest BCUT2D eigenvalue weighted by atomic mass is 16.1. The highest BCUT2D eigenvalue weighted by molar-refractivity contribution is 5.94. The highest BCUT2D eigenvalue weighted by Gasteiger charge is 2.22. The number of benzene rings is 1. The third kappa shape index (κ3) is 2.74. The molecule has 0 saturated heterocycles. The molecule has 0 aliphatic heterocycles. The van der Waals surface area contributed by atoms with Gasteiger partial charge in [0.05, 0.1) is 5.92 Å². The van der Waals surface area contributed by atoms with E-state index in [0.29, 0.717) is 6.42 Å². The van der Waals surface area contributed by atoms with Gasteiger partial charge < -0.3 is 11.1 Å². The summed E-state index contributed by atoms with van der Waals surface area (Å²) in [5.41, 5.74) is 9.00. The first-order valence-corrected chi connectivity index (χ1v) is 5.88. The number of hydrogen-bond acceptors (Lipinski definition) is 2. The molecule has 1 aliphatic carbocycles. The second kappa shape index (κ2) is 4.72. The van der Waals surface area contributed by atoms with Crippen LogP contribution in [0.3, 0.4) is 0 Å². The number of amides is 1. The first-order chi connectivity index (χ1) is 8.06. The minimum absolute atomic E-state index is 0.0190. The molecule has 0 radical (unpaired) electrons. The van der Waals surface area contributed by atoms with Gasteiger partial charge in [-0.05, 0) is 43.5 Å². The lowest BCUT2D eigenvalue weighted by atomic mass is 10.1. The lowest BCUT2D eigenvalue weighted by molar-refractivity contribution is -0.118. The van der Waals surface area contributed by atoms with Crippen molar-refractivity contribution in [1.29, 1.82) is 0 Å². The molecule has 1 aromatic rings. The van der Waals surface area contributed by atoms with E-state index < -0.39 is 0 Å². The Morgan fingerprint density at radius 3 is 2.65 bits per heavy atom. The predicted octanol–water partition coefficient (Wildman–Crippen LogP) is 2.15. The fourth-order valence-electron chi connectivity index (χ4n) is 1.98. The SMILES string of the molecule is Cc1ccc(NC(=O)C2C=CC(N)C2)cc1C. The van der Waals surface area contributed by atoms with Crippen LogP contribution in [0.15, 0.2) is 30.4 Å². The van der Waals surface area contributed by atoms with E-state index >= 15 is 0 Å². The van der Waals surface area contributed by atoms with Gasteiger partial charge in [-0.15, -0.1) is 0 Å². The quantitative estimate of drug-likeness (QED) is 0.765. The Morgan fingerprint density at radius 1 is 1.29 bits per heavy atom. The van der Waals surface area contributed by atoms with Crippen molar-refractivity contribution in [2.75, 3.05) is 5.32 Å². The molecule has 2 atom stereocenters. The summed E-state index contributed by atoms with van der Waals surface area (Å²) in [5.74, 6) is -0.0657. The molecule has 0 bridgehead atoms. The maximum atomic E-state index is 11.9. The fraction of sp³-hybridized carbons (Fsp3) is 0.357. The topological polar surface area (TPSA) is 55.1 Å². The van der Waals surface area contributed by atoms with E-state index in [1.165, 1.54) is 11.1 Å². The molecule has 1 aliphatic rings. The van der Waals surface area contributed by atoms with E-state index in [0.717, 1.165) is 5.69 Å². The van der Waals surface area contributed by atoms with Gasteiger partial charge in [-0.1, -0.05) is 18.2 Å². The van der Waals surface area contributed by atoms with Crippen LogP contribution in [0.1, 0.15) is 17.5 Å². The van der Waals surface area contributed by atoms with E-state index in [1.54, 1.807) is 0 Å². The van der Waals surface area contributed by atoms with Crippen molar-refractivity contribution in [1.82, 2.24) is 0 Å². The van der Waals surface area contributed by atoms with Gasteiger partial charge in [0.2, 0.25) is 5.91 Å². The van der Waals surface area contributed by atoms with E-state index in [-0.39, 0.29) is 17.9 Å². The molecule has 3 N–H and O–H groups in total. The Bertz CT molecular complexity index is 465. The van der Waals surface area contributed by atoms with Crippen molar-refractivity contribution in [3.8, 4) is 0 Å². The normalized spacial score (nSPS) is 22.8. The Morgan fingerprint density at radius 2 is 2.06 bits per heavy atom. The van der Waals surface area contributed by atoms with Crippen molar-refractivity contribution in [2.45, 2.75) is 26.3 Å². The van der Waals surface area contributed by atoms with Gasteiger partial charge in [0.25, 0.3) is 0 Å². The number of nitrogens with two attached hydrogens (primary N) is 1. The van der Waals surface area contributed by atoms with Crippen LogP contribution < -0.4 is 11.1 Å². The van der Waals surface area contributed by atoms with Gasteiger partial charge in [-0.3, -0.25) is 4.79 Å². The molecule has 0 aromatic heterocycles. The average Bonchev–Trinajstić information content (AvgIpc) is 2.70. The Labute approximate surface area is 102 Å². The van der Waals surface area contributed by atoms with Crippen LogP contribution in [0.4, 0.5) is 5.69 Å². The van der Waals surface area contributed by atoms with E-state index in [9.17, 15) is 4.79 Å². The third-order valence-corrected chi connectivity index (χ3v) is 3.23. The molecule has 0 heterocycles. The summed E-state index contributed by atoms with van der Waals surface area (Å²) in [6.07, 6.45) is 4.49. The minimum Gasteiger partial charge on any atom is -0.326 e. The van der Waals surface area contributed by atoms with Crippen LogP contribution >= 0.6 is 0 Å². The van der Waals surface area contributed by atoms with Crippen molar-refractivity contribution >= 4 is 11.6 Å². The standard InChI is InChI=1S/C14H18N2O/c1-9-3-6-13(7-10(9)2)16-14(17)11-4-5-12(15)8-11/h3-7,11-12H,8,15H2,1-2H3,(H,16,17). The molecular weight excluding hydrogens is 212 g/mol. The van der Waals surface area contributed by atoms with E-state index in [1.807, 2.05) is 37.3 Å². The second-order valence-electron chi connectivity index (χ2n) is 4.68. The molecule has 17 heavy (non-hydrogen) atoms. The first-order valence-electron chi connectivity index (χ1n) is 5.88. The van der Waals surface area contributed by atoms with Crippen LogP contribution in [-0.2, 0) is 4.79 Å². The minimum atomic E-state index is -0.0911. The molecule has 3 nitrogen and oxygen atoms in total. The Balaban J connectivity index is 2.03. The number of nitrogens with one attached hydrogen (secondary N) is 1. The van der Waals surface area contributed by atoms with Gasteiger partial charge in [0, 0.05) is 11.7 Å². The zero-order valence-corrected chi connectivity index (χ0v) is 10.2. The number of rotatable bonds is 2. The molecular formula is C14H18N2O. The molecule has 0 saturated carbocycles. The summed E-state index contributed by atoms with van der Waals surface area (Å²) in [5, 5.41) is 2.93. The first kappa shape index (κ1) is 11.9. The zero-order chi connectivity index (χ0) is 12.4. The lowest BCUT2D eigenvalue weighted by Gasteiger charge is -2.11. The third-order valence-electron chi connectivity index (χ3n) is 3.23. The number of aryl methyl sites for hydroxylation is 2. The fourth-order valence-corrected chi connectivity index (χ4v) is 1.98. The van der Waals surface area contributed by atoms with Gasteiger partial charge in [0.1, 0.15) is 0 Å². The smallest absolute Gasteiger partial charge is 0.231 e. The number of hydrogen-bond donors (Lipinski definition) is 2. The van der Waals surface area contributed by atoms with Gasteiger partial charge >= 0.3 is 0 Å². The summed E-state index contributed by atoms with van der Waals surface area (Å²) in [6.45, 7) is 4.09. The van der Waals surface area contributed by atoms with Crippen LogP contribution in [0.2, 0.25) is 0 Å². The van der Waals surface area contributed by atoms with Crippen LogP contribution in [0.25, 0.3) is 0 Å². The molecule has 2 unspecified atom stereocenters. The van der Waals surface area contributed by atoms with Gasteiger partial charge in [0.15, 0.2) is 0 Å². The largest absolute Gasteiger partial charge is 0.326 e. The summed E-state index contributed by atoms with van der Waals surface area (Å²) < 4.78 is 0. The van der Waals surface area contributed by atoms with Crippen LogP contribution in [0, 0.1) is 19.8 Å². The van der Waals surface area contributed by atoms with Gasteiger partial charge in [-0.2, -0.15) is 0 Å². The molecule has 90 valence electrons. The van der Waals surface area contributed by atoms with Crippen LogP contribution in [-0.4, -0.2) is 11.9 Å². The van der Waals surface area contributed by atoms with E-state index in [4.69, 9.17) is 5.73 Å². The Kier molecular flexibility index (Phi) is 3.29. The van der Waals surface area contributed by atoms with Crippen LogP contribution in [0.5, 0.6) is 0 Å². The zero-order valence-electron chi connectivity index (χ0n) is 10.2. The maximum Gasteiger partial charge on any atom is 0.231 e. The molecule has 1 amide bonds. The van der Waals surface area contributed by atoms with Crippen molar-refractivity contribution in [3.63, 3.8) is 0 Å². The number of anilines is 1. The summed E-state index contributed by atoms with van der Waals surface area (Å²) >= 11 is 0. The van der Waals surface area contributed by atoms with Gasteiger partial charge in [-0.25, -0.2) is 0 Å². The summed E-state index contributed by atoms with van der Waals surface area (Å²) in [7, 11) is 0. The van der Waals surface area contributed by atoms with Crippen molar-refractivity contribution < 1.29 is 4.79 Å². The predicted molar refractivity (Wildman–Crippen MR) is 69.8 cm³/mol. The molecule has 0 fully saturated rings. The molecule has 2 rings (SSSR count). The Hall–Kier alpha value is -1.61. The summed E-state index contributed by atoms with van der Waals surface area (Å²) in [4.78, 5) is 11.9. The lowest BCUT2D eigenvalue weighted by Crippen LogP contribution is -2.24. The molecule has 1 aromatic carbocycles. The second-order valence-corrected chi connectivity index (χ2v) is 4.68. The molecule has 0 spiro atoms.